The summed E-state index contributed by atoms with van der Waals surface area (Å²) in [7, 11) is 0. The monoisotopic (exact) mass is 433 g/mol. The molecule has 0 aliphatic carbocycles. The lowest BCUT2D eigenvalue weighted by atomic mass is 9.85. The Hall–Kier alpha value is -2.62. The van der Waals surface area contributed by atoms with Crippen molar-refractivity contribution < 1.29 is 9.53 Å². The van der Waals surface area contributed by atoms with E-state index >= 15 is 0 Å². The van der Waals surface area contributed by atoms with E-state index in [4.69, 9.17) is 16.3 Å². The van der Waals surface area contributed by atoms with Crippen molar-refractivity contribution in [2.45, 2.75) is 43.7 Å². The van der Waals surface area contributed by atoms with Gasteiger partial charge in [-0.1, -0.05) is 84.4 Å². The molecule has 0 aromatic heterocycles. The summed E-state index contributed by atoms with van der Waals surface area (Å²) < 4.78 is 6.08. The van der Waals surface area contributed by atoms with Crippen molar-refractivity contribution in [1.29, 1.82) is 0 Å². The molecule has 0 spiro atoms. The maximum absolute atomic E-state index is 13.6. The third-order valence-electron chi connectivity index (χ3n) is 6.19. The highest BCUT2D eigenvalue weighted by molar-refractivity contribution is 6.30. The highest BCUT2D eigenvalue weighted by Crippen LogP contribution is 2.37. The molecule has 1 aliphatic heterocycles. The summed E-state index contributed by atoms with van der Waals surface area (Å²) in [6, 6.07) is 28.1. The Kier molecular flexibility index (Phi) is 6.74. The number of amides is 1. The van der Waals surface area contributed by atoms with E-state index in [1.165, 1.54) is 11.1 Å². The Labute approximate surface area is 189 Å². The molecule has 3 aromatic rings. The molecule has 160 valence electrons. The van der Waals surface area contributed by atoms with Gasteiger partial charge in [0, 0.05) is 23.6 Å². The number of carbonyl (C=O) groups excluding carboxylic acids is 1. The van der Waals surface area contributed by atoms with Gasteiger partial charge < -0.3 is 10.1 Å². The van der Waals surface area contributed by atoms with E-state index in [9.17, 15) is 4.79 Å². The third kappa shape index (κ3) is 4.84. The van der Waals surface area contributed by atoms with Crippen LogP contribution in [0.25, 0.3) is 0 Å². The zero-order valence-corrected chi connectivity index (χ0v) is 18.5. The first-order chi connectivity index (χ1) is 15.1. The van der Waals surface area contributed by atoms with Crippen LogP contribution >= 0.6 is 11.6 Å². The van der Waals surface area contributed by atoms with Crippen molar-refractivity contribution in [3.8, 4) is 0 Å². The number of hydrogen-bond donors (Lipinski definition) is 1. The van der Waals surface area contributed by atoms with Crippen LogP contribution in [0.1, 0.15) is 42.4 Å². The maximum Gasteiger partial charge on any atom is 0.257 e. The maximum atomic E-state index is 13.6. The number of ether oxygens (including phenoxy) is 1. The molecule has 3 atom stereocenters. The third-order valence-corrected chi connectivity index (χ3v) is 6.44. The highest BCUT2D eigenvalue weighted by Gasteiger charge is 2.45. The summed E-state index contributed by atoms with van der Waals surface area (Å²) in [4.78, 5) is 13.6. The van der Waals surface area contributed by atoms with Gasteiger partial charge in [-0.3, -0.25) is 4.79 Å². The van der Waals surface area contributed by atoms with Gasteiger partial charge in [-0.2, -0.15) is 0 Å². The van der Waals surface area contributed by atoms with Crippen molar-refractivity contribution in [2.75, 3.05) is 6.61 Å². The largest absolute Gasteiger partial charge is 0.360 e. The summed E-state index contributed by atoms with van der Waals surface area (Å²) in [5, 5.41) is 4.03. The van der Waals surface area contributed by atoms with Crippen molar-refractivity contribution in [2.24, 2.45) is 0 Å². The van der Waals surface area contributed by atoms with E-state index in [1.54, 1.807) is 0 Å². The molecule has 0 bridgehead atoms. The minimum Gasteiger partial charge on any atom is -0.360 e. The number of benzene rings is 3. The highest BCUT2D eigenvalue weighted by atomic mass is 35.5. The summed E-state index contributed by atoms with van der Waals surface area (Å²) in [5.41, 5.74) is 2.41. The molecule has 3 unspecified atom stereocenters. The molecular formula is C27H28ClNO2. The van der Waals surface area contributed by atoms with Crippen LogP contribution in [0, 0.1) is 0 Å². The zero-order chi connectivity index (χ0) is 21.7. The van der Waals surface area contributed by atoms with Crippen molar-refractivity contribution >= 4 is 17.5 Å². The Bertz CT molecular complexity index is 983. The molecule has 0 saturated carbocycles. The first-order valence-electron chi connectivity index (χ1n) is 10.9. The van der Waals surface area contributed by atoms with Gasteiger partial charge in [-0.25, -0.2) is 0 Å². The van der Waals surface area contributed by atoms with Crippen LogP contribution < -0.4 is 5.32 Å². The van der Waals surface area contributed by atoms with E-state index in [1.807, 2.05) is 60.7 Å². The lowest BCUT2D eigenvalue weighted by Crippen LogP contribution is -2.49. The summed E-state index contributed by atoms with van der Waals surface area (Å²) in [6.07, 6.45) is 2.38. The first kappa shape index (κ1) is 21.6. The zero-order valence-electron chi connectivity index (χ0n) is 17.8. The molecule has 1 aliphatic rings. The fourth-order valence-corrected chi connectivity index (χ4v) is 4.59. The number of hydrogen-bond acceptors (Lipinski definition) is 2. The lowest BCUT2D eigenvalue weighted by molar-refractivity contribution is -0.143. The molecule has 3 nitrogen and oxygen atoms in total. The molecule has 1 saturated heterocycles. The standard InChI is InChI=1S/C27H28ClNO2/c1-20(29-26(30)27(17-8-18-31-27)23-11-6-3-7-12-23)25(22-9-4-2-5-10-22)19-21-13-15-24(28)16-14-21/h2-7,9-16,20,25H,8,17-19H2,1H3,(H,29,30). The van der Waals surface area contributed by atoms with Crippen LogP contribution in [0.2, 0.25) is 5.02 Å². The quantitative estimate of drug-likeness (QED) is 0.505. The van der Waals surface area contributed by atoms with Gasteiger partial charge in [0.1, 0.15) is 0 Å². The van der Waals surface area contributed by atoms with E-state index in [0.717, 1.165) is 23.4 Å². The van der Waals surface area contributed by atoms with Crippen LogP contribution in [0.15, 0.2) is 84.9 Å². The molecule has 0 radical (unpaired) electrons. The van der Waals surface area contributed by atoms with Gasteiger partial charge in [-0.05, 0) is 55.0 Å². The molecule has 4 heteroatoms. The number of nitrogens with one attached hydrogen (secondary N) is 1. The number of halogens is 1. The van der Waals surface area contributed by atoms with Crippen LogP contribution in [-0.4, -0.2) is 18.6 Å². The smallest absolute Gasteiger partial charge is 0.257 e. The normalized spacial score (nSPS) is 20.2. The van der Waals surface area contributed by atoms with Crippen LogP contribution in [0.3, 0.4) is 0 Å². The molecule has 4 rings (SSSR count). The van der Waals surface area contributed by atoms with Gasteiger partial charge in [0.2, 0.25) is 0 Å². The molecule has 1 heterocycles. The van der Waals surface area contributed by atoms with Gasteiger partial charge in [0.15, 0.2) is 5.60 Å². The fraction of sp³-hybridized carbons (Fsp3) is 0.296. The van der Waals surface area contributed by atoms with Crippen LogP contribution in [-0.2, 0) is 21.6 Å². The second-order valence-corrected chi connectivity index (χ2v) is 8.69. The molecule has 1 amide bonds. The minimum atomic E-state index is -0.906. The summed E-state index contributed by atoms with van der Waals surface area (Å²) >= 11 is 6.07. The molecule has 31 heavy (non-hydrogen) atoms. The molecular weight excluding hydrogens is 406 g/mol. The van der Waals surface area contributed by atoms with Crippen molar-refractivity contribution in [1.82, 2.24) is 5.32 Å². The van der Waals surface area contributed by atoms with Crippen LogP contribution in [0.5, 0.6) is 0 Å². The predicted octanol–water partition coefficient (Wildman–Crippen LogP) is 5.88. The number of rotatable bonds is 7. The van der Waals surface area contributed by atoms with Crippen LogP contribution in [0.4, 0.5) is 0 Å². The second-order valence-electron chi connectivity index (χ2n) is 8.25. The molecule has 1 fully saturated rings. The Morgan fingerprint density at radius 1 is 1.00 bits per heavy atom. The predicted molar refractivity (Wildman–Crippen MR) is 125 cm³/mol. The van der Waals surface area contributed by atoms with E-state index in [-0.39, 0.29) is 17.9 Å². The van der Waals surface area contributed by atoms with E-state index in [0.29, 0.717) is 13.0 Å². The van der Waals surface area contributed by atoms with Crippen molar-refractivity contribution in [3.63, 3.8) is 0 Å². The van der Waals surface area contributed by atoms with Crippen molar-refractivity contribution in [3.05, 3.63) is 107 Å². The van der Waals surface area contributed by atoms with Gasteiger partial charge >= 0.3 is 0 Å². The first-order valence-corrected chi connectivity index (χ1v) is 11.3. The lowest BCUT2D eigenvalue weighted by Gasteiger charge is -2.32. The average Bonchev–Trinajstić information content (AvgIpc) is 3.31. The molecule has 3 aromatic carbocycles. The average molecular weight is 434 g/mol. The van der Waals surface area contributed by atoms with Gasteiger partial charge in [-0.15, -0.1) is 0 Å². The summed E-state index contributed by atoms with van der Waals surface area (Å²) in [5.74, 6) is 0.0706. The molecule has 1 N–H and O–H groups in total. The topological polar surface area (TPSA) is 38.3 Å². The van der Waals surface area contributed by atoms with Gasteiger partial charge in [0.25, 0.3) is 5.91 Å². The number of carbonyl (C=O) groups is 1. The van der Waals surface area contributed by atoms with E-state index in [2.05, 4.69) is 36.5 Å². The Morgan fingerprint density at radius 2 is 1.65 bits per heavy atom. The SMILES string of the molecule is CC(NC(=O)C1(c2ccccc2)CCCO1)C(Cc1ccc(Cl)cc1)c1ccccc1. The van der Waals surface area contributed by atoms with Gasteiger partial charge in [0.05, 0.1) is 0 Å². The Morgan fingerprint density at radius 3 is 2.26 bits per heavy atom. The minimum absolute atomic E-state index is 0.0549. The summed E-state index contributed by atoms with van der Waals surface area (Å²) in [6.45, 7) is 2.68. The van der Waals surface area contributed by atoms with E-state index < -0.39 is 5.60 Å². The fourth-order valence-electron chi connectivity index (χ4n) is 4.47. The second kappa shape index (κ2) is 9.67. The Balaban J connectivity index is 1.58.